The third kappa shape index (κ3) is 23.6. The van der Waals surface area contributed by atoms with Crippen molar-refractivity contribution in [2.45, 2.75) is 144 Å². The first kappa shape index (κ1) is 30.9. The van der Waals surface area contributed by atoms with Gasteiger partial charge in [-0.1, -0.05) is 112 Å². The molecule has 1 atom stereocenters. The average molecular weight is 455 g/mol. The zero-order chi connectivity index (χ0) is 24.1. The van der Waals surface area contributed by atoms with Crippen LogP contribution >= 0.6 is 0 Å². The molecule has 32 heavy (non-hydrogen) atoms. The Morgan fingerprint density at radius 3 is 1.56 bits per heavy atom. The van der Waals surface area contributed by atoms with Gasteiger partial charge in [0.25, 0.3) is 0 Å². The first-order chi connectivity index (χ1) is 15.2. The van der Waals surface area contributed by atoms with Crippen molar-refractivity contribution >= 4 is 11.9 Å². The minimum Gasteiger partial charge on any atom is -0.466 e. The normalized spacial score (nSPS) is 12.5. The second-order valence-corrected chi connectivity index (χ2v) is 10.9. The number of esters is 2. The molecule has 0 amide bonds. The van der Waals surface area contributed by atoms with Gasteiger partial charge in [0, 0.05) is 12.8 Å². The minimum atomic E-state index is -0.213. The van der Waals surface area contributed by atoms with Crippen LogP contribution < -0.4 is 0 Å². The SMILES string of the molecule is CCCCCCCCCCCCCCCOC(=O)CCCC(=O)OCC(C)CC(C)(C)C. The van der Waals surface area contributed by atoms with Crippen molar-refractivity contribution in [2.75, 3.05) is 13.2 Å². The lowest BCUT2D eigenvalue weighted by atomic mass is 9.86. The van der Waals surface area contributed by atoms with E-state index in [2.05, 4.69) is 34.6 Å². The monoisotopic (exact) mass is 454 g/mol. The van der Waals surface area contributed by atoms with Gasteiger partial charge in [-0.2, -0.15) is 0 Å². The topological polar surface area (TPSA) is 52.6 Å². The van der Waals surface area contributed by atoms with Crippen LogP contribution in [0.3, 0.4) is 0 Å². The zero-order valence-electron chi connectivity index (χ0n) is 22.1. The molecule has 0 saturated carbocycles. The molecule has 0 aromatic heterocycles. The first-order valence-electron chi connectivity index (χ1n) is 13.6. The summed E-state index contributed by atoms with van der Waals surface area (Å²) >= 11 is 0. The van der Waals surface area contributed by atoms with E-state index < -0.39 is 0 Å². The quantitative estimate of drug-likeness (QED) is 0.129. The molecule has 0 fully saturated rings. The maximum atomic E-state index is 11.8. The molecule has 0 radical (unpaired) electrons. The molecule has 0 N–H and O–H groups in total. The summed E-state index contributed by atoms with van der Waals surface area (Å²) in [5, 5.41) is 0. The first-order valence-corrected chi connectivity index (χ1v) is 13.6. The molecule has 0 saturated heterocycles. The summed E-state index contributed by atoms with van der Waals surface area (Å²) in [6, 6.07) is 0. The fourth-order valence-corrected chi connectivity index (χ4v) is 4.17. The zero-order valence-corrected chi connectivity index (χ0v) is 22.1. The smallest absolute Gasteiger partial charge is 0.305 e. The van der Waals surface area contributed by atoms with Gasteiger partial charge in [0.05, 0.1) is 13.2 Å². The molecule has 0 bridgehead atoms. The third-order valence-electron chi connectivity index (χ3n) is 5.76. The van der Waals surface area contributed by atoms with Crippen LogP contribution in [0.2, 0.25) is 0 Å². The van der Waals surface area contributed by atoms with E-state index >= 15 is 0 Å². The standard InChI is InChI=1S/C28H54O4/c1-6-7-8-9-10-11-12-13-14-15-16-17-18-22-31-26(29)20-19-21-27(30)32-24-25(2)23-28(3,4)5/h25H,6-24H2,1-5H3. The summed E-state index contributed by atoms with van der Waals surface area (Å²) in [5.41, 5.74) is 0.239. The highest BCUT2D eigenvalue weighted by molar-refractivity contribution is 5.72. The van der Waals surface area contributed by atoms with E-state index in [4.69, 9.17) is 9.47 Å². The van der Waals surface area contributed by atoms with Gasteiger partial charge in [-0.25, -0.2) is 0 Å². The lowest BCUT2D eigenvalue weighted by Gasteiger charge is -2.22. The summed E-state index contributed by atoms with van der Waals surface area (Å²) in [4.78, 5) is 23.6. The second kappa shape index (κ2) is 20.5. The number of carbonyl (C=O) groups excluding carboxylic acids is 2. The Kier molecular flexibility index (Phi) is 19.9. The van der Waals surface area contributed by atoms with Gasteiger partial charge < -0.3 is 9.47 Å². The van der Waals surface area contributed by atoms with E-state index in [1.54, 1.807) is 0 Å². The number of rotatable bonds is 21. The summed E-state index contributed by atoms with van der Waals surface area (Å²) in [7, 11) is 0. The Morgan fingerprint density at radius 2 is 1.09 bits per heavy atom. The van der Waals surface area contributed by atoms with E-state index in [9.17, 15) is 9.59 Å². The van der Waals surface area contributed by atoms with E-state index in [1.807, 2.05) is 0 Å². The van der Waals surface area contributed by atoms with Crippen LogP contribution in [-0.2, 0) is 19.1 Å². The fraction of sp³-hybridized carbons (Fsp3) is 0.929. The van der Waals surface area contributed by atoms with Crippen LogP contribution in [0.4, 0.5) is 0 Å². The Hall–Kier alpha value is -1.06. The van der Waals surface area contributed by atoms with E-state index in [0.29, 0.717) is 32.0 Å². The van der Waals surface area contributed by atoms with Crippen LogP contribution in [0.5, 0.6) is 0 Å². The molecule has 4 nitrogen and oxygen atoms in total. The van der Waals surface area contributed by atoms with Crippen molar-refractivity contribution in [2.24, 2.45) is 11.3 Å². The highest BCUT2D eigenvalue weighted by Gasteiger charge is 2.16. The molecular formula is C28H54O4. The molecule has 0 aromatic carbocycles. The summed E-state index contributed by atoms with van der Waals surface area (Å²) in [6.07, 6.45) is 19.1. The Morgan fingerprint density at radius 1 is 0.656 bits per heavy atom. The maximum absolute atomic E-state index is 11.8. The Bertz CT molecular complexity index is 453. The highest BCUT2D eigenvalue weighted by atomic mass is 16.5. The second-order valence-electron chi connectivity index (χ2n) is 10.9. The predicted molar refractivity (Wildman–Crippen MR) is 135 cm³/mol. The average Bonchev–Trinajstić information content (AvgIpc) is 2.71. The number of unbranched alkanes of at least 4 members (excludes halogenated alkanes) is 12. The van der Waals surface area contributed by atoms with Crippen LogP contribution in [-0.4, -0.2) is 25.2 Å². The fourth-order valence-electron chi connectivity index (χ4n) is 4.17. The molecule has 0 aliphatic heterocycles. The highest BCUT2D eigenvalue weighted by Crippen LogP contribution is 2.24. The van der Waals surface area contributed by atoms with Crippen LogP contribution in [0.15, 0.2) is 0 Å². The van der Waals surface area contributed by atoms with Crippen LogP contribution in [0.1, 0.15) is 144 Å². The van der Waals surface area contributed by atoms with E-state index in [1.165, 1.54) is 70.6 Å². The summed E-state index contributed by atoms with van der Waals surface area (Å²) in [5.74, 6) is -0.0582. The molecule has 190 valence electrons. The van der Waals surface area contributed by atoms with Gasteiger partial charge in [-0.3, -0.25) is 9.59 Å². The molecule has 4 heteroatoms. The molecule has 0 rings (SSSR count). The van der Waals surface area contributed by atoms with Gasteiger partial charge in [0.1, 0.15) is 0 Å². The minimum absolute atomic E-state index is 0.196. The van der Waals surface area contributed by atoms with Crippen molar-refractivity contribution < 1.29 is 19.1 Å². The number of ether oxygens (including phenoxy) is 2. The molecule has 0 aliphatic rings. The van der Waals surface area contributed by atoms with Gasteiger partial charge in [-0.15, -0.1) is 0 Å². The largest absolute Gasteiger partial charge is 0.466 e. The lowest BCUT2D eigenvalue weighted by Crippen LogP contribution is -2.17. The molecule has 1 unspecified atom stereocenters. The van der Waals surface area contributed by atoms with Gasteiger partial charge in [-0.05, 0) is 30.6 Å². The lowest BCUT2D eigenvalue weighted by molar-refractivity contribution is -0.146. The predicted octanol–water partition coefficient (Wildman–Crippen LogP) is 8.41. The van der Waals surface area contributed by atoms with Crippen molar-refractivity contribution in [3.63, 3.8) is 0 Å². The molecular weight excluding hydrogens is 400 g/mol. The Labute approximate surface area is 199 Å². The van der Waals surface area contributed by atoms with Crippen molar-refractivity contribution in [1.29, 1.82) is 0 Å². The molecule has 0 heterocycles. The van der Waals surface area contributed by atoms with Crippen molar-refractivity contribution in [1.82, 2.24) is 0 Å². The maximum Gasteiger partial charge on any atom is 0.305 e. The molecule has 0 aliphatic carbocycles. The molecule has 0 spiro atoms. The summed E-state index contributed by atoms with van der Waals surface area (Å²) in [6.45, 7) is 11.9. The third-order valence-corrected chi connectivity index (χ3v) is 5.76. The number of hydrogen-bond donors (Lipinski definition) is 0. The van der Waals surface area contributed by atoms with Crippen LogP contribution in [0.25, 0.3) is 0 Å². The van der Waals surface area contributed by atoms with E-state index in [-0.39, 0.29) is 23.8 Å². The van der Waals surface area contributed by atoms with Crippen molar-refractivity contribution in [3.8, 4) is 0 Å². The van der Waals surface area contributed by atoms with Crippen LogP contribution in [0, 0.1) is 11.3 Å². The van der Waals surface area contributed by atoms with Gasteiger partial charge in [0.2, 0.25) is 0 Å². The van der Waals surface area contributed by atoms with Gasteiger partial charge >= 0.3 is 11.9 Å². The Balaban J connectivity index is 3.40. The number of hydrogen-bond acceptors (Lipinski definition) is 4. The summed E-state index contributed by atoms with van der Waals surface area (Å²) < 4.78 is 10.6. The van der Waals surface area contributed by atoms with Crippen molar-refractivity contribution in [3.05, 3.63) is 0 Å². The van der Waals surface area contributed by atoms with E-state index in [0.717, 1.165) is 19.3 Å². The van der Waals surface area contributed by atoms with Gasteiger partial charge in [0.15, 0.2) is 0 Å². The molecule has 0 aromatic rings. The number of carbonyl (C=O) groups is 2.